The molecule has 2 aromatic rings. The number of hydrogen-bond acceptors (Lipinski definition) is 3. The fraction of sp³-hybridized carbons (Fsp3) is 0.154. The zero-order valence-electron chi connectivity index (χ0n) is 9.43. The first-order chi connectivity index (χ1) is 8.68. The Morgan fingerprint density at radius 2 is 2.11 bits per heavy atom. The van der Waals surface area contributed by atoms with Crippen LogP contribution in [0.3, 0.4) is 0 Å². The van der Waals surface area contributed by atoms with E-state index in [0.717, 1.165) is 0 Å². The van der Waals surface area contributed by atoms with Crippen molar-refractivity contribution in [3.8, 4) is 0 Å². The maximum atomic E-state index is 13.7. The lowest BCUT2D eigenvalue weighted by molar-refractivity contribution is 0.0688. The molecule has 0 amide bonds. The van der Waals surface area contributed by atoms with Crippen molar-refractivity contribution in [1.82, 2.24) is 0 Å². The Morgan fingerprint density at radius 3 is 2.78 bits per heavy atom. The summed E-state index contributed by atoms with van der Waals surface area (Å²) in [5, 5.41) is 8.77. The molecule has 1 N–H and O–H groups in total. The predicted octanol–water partition coefficient (Wildman–Crippen LogP) is 2.83. The number of carboxylic acid groups (broad SMARTS) is 1. The molecule has 0 saturated heterocycles. The van der Waals surface area contributed by atoms with Crippen molar-refractivity contribution >= 4 is 5.97 Å². The van der Waals surface area contributed by atoms with Crippen LogP contribution in [0.4, 0.5) is 4.39 Å². The molecule has 18 heavy (non-hydrogen) atoms. The van der Waals surface area contributed by atoms with Crippen molar-refractivity contribution in [2.45, 2.75) is 13.2 Å². The Labute approximate surface area is 103 Å². The number of benzene rings is 1. The molecule has 0 aliphatic carbocycles. The third-order valence-corrected chi connectivity index (χ3v) is 2.39. The maximum Gasteiger partial charge on any atom is 0.338 e. The van der Waals surface area contributed by atoms with Crippen molar-refractivity contribution in [1.29, 1.82) is 0 Å². The van der Waals surface area contributed by atoms with Gasteiger partial charge in [-0.15, -0.1) is 0 Å². The number of carboxylic acids is 1. The highest BCUT2D eigenvalue weighted by Gasteiger charge is 2.13. The molecule has 0 aliphatic heterocycles. The fourth-order valence-corrected chi connectivity index (χ4v) is 1.51. The summed E-state index contributed by atoms with van der Waals surface area (Å²) in [6.07, 6.45) is 1.52. The number of rotatable bonds is 5. The first-order valence-electron chi connectivity index (χ1n) is 5.29. The molecule has 94 valence electrons. The van der Waals surface area contributed by atoms with E-state index in [1.54, 1.807) is 12.1 Å². The maximum absolute atomic E-state index is 13.7. The summed E-state index contributed by atoms with van der Waals surface area (Å²) in [6.45, 7) is 0.206. The number of hydrogen-bond donors (Lipinski definition) is 1. The predicted molar refractivity (Wildman–Crippen MR) is 60.6 cm³/mol. The van der Waals surface area contributed by atoms with Crippen LogP contribution in [0.15, 0.2) is 41.0 Å². The highest BCUT2D eigenvalue weighted by Crippen LogP contribution is 2.15. The second kappa shape index (κ2) is 5.46. The van der Waals surface area contributed by atoms with Gasteiger partial charge >= 0.3 is 5.97 Å². The lowest BCUT2D eigenvalue weighted by Crippen LogP contribution is -2.04. The Balaban J connectivity index is 2.01. The van der Waals surface area contributed by atoms with Crippen LogP contribution in [0.5, 0.6) is 0 Å². The Bertz CT molecular complexity index is 534. The molecule has 0 spiro atoms. The highest BCUT2D eigenvalue weighted by molar-refractivity contribution is 5.88. The van der Waals surface area contributed by atoms with Gasteiger partial charge in [-0.25, -0.2) is 9.18 Å². The van der Waals surface area contributed by atoms with E-state index in [1.165, 1.54) is 24.5 Å². The zero-order chi connectivity index (χ0) is 13.0. The number of halogens is 1. The van der Waals surface area contributed by atoms with E-state index < -0.39 is 11.8 Å². The van der Waals surface area contributed by atoms with Gasteiger partial charge in [0.15, 0.2) is 0 Å². The molecule has 5 heteroatoms. The summed E-state index contributed by atoms with van der Waals surface area (Å²) in [5.41, 5.74) is -0.143. The van der Waals surface area contributed by atoms with Crippen LogP contribution in [0.1, 0.15) is 21.7 Å². The van der Waals surface area contributed by atoms with Crippen LogP contribution in [0.2, 0.25) is 0 Å². The molecule has 0 aliphatic rings. The summed E-state index contributed by atoms with van der Waals surface area (Å²) < 4.78 is 24.0. The van der Waals surface area contributed by atoms with Crippen LogP contribution in [0, 0.1) is 5.82 Å². The molecule has 0 fully saturated rings. The van der Waals surface area contributed by atoms with Crippen LogP contribution in [0.25, 0.3) is 0 Å². The Hall–Kier alpha value is -2.14. The van der Waals surface area contributed by atoms with E-state index in [1.807, 2.05) is 0 Å². The van der Waals surface area contributed by atoms with Crippen LogP contribution >= 0.6 is 0 Å². The molecule has 2 rings (SSSR count). The third-order valence-electron chi connectivity index (χ3n) is 2.39. The van der Waals surface area contributed by atoms with Crippen LogP contribution in [-0.2, 0) is 18.0 Å². The third kappa shape index (κ3) is 2.75. The molecule has 1 heterocycles. The van der Waals surface area contributed by atoms with Gasteiger partial charge in [0, 0.05) is 5.56 Å². The molecule has 1 aromatic heterocycles. The van der Waals surface area contributed by atoms with Gasteiger partial charge in [0.2, 0.25) is 0 Å². The zero-order valence-corrected chi connectivity index (χ0v) is 9.43. The quantitative estimate of drug-likeness (QED) is 0.886. The van der Waals surface area contributed by atoms with Crippen LogP contribution in [-0.4, -0.2) is 11.1 Å². The Kier molecular flexibility index (Phi) is 3.74. The van der Waals surface area contributed by atoms with Gasteiger partial charge in [-0.1, -0.05) is 12.1 Å². The fourth-order valence-electron chi connectivity index (χ4n) is 1.51. The topological polar surface area (TPSA) is 59.7 Å². The summed E-state index contributed by atoms with van der Waals surface area (Å²) in [5.74, 6) is -1.42. The van der Waals surface area contributed by atoms with Crippen molar-refractivity contribution in [3.05, 3.63) is 59.3 Å². The van der Waals surface area contributed by atoms with Gasteiger partial charge in [0.25, 0.3) is 0 Å². The SMILES string of the molecule is O=C(O)c1cccc(COCc2ccco2)c1F. The number of aromatic carboxylic acids is 1. The van der Waals surface area contributed by atoms with Gasteiger partial charge in [-0.2, -0.15) is 0 Å². The number of furan rings is 1. The average Bonchev–Trinajstić information content (AvgIpc) is 2.84. The molecule has 4 nitrogen and oxygen atoms in total. The first kappa shape index (κ1) is 12.3. The summed E-state index contributed by atoms with van der Waals surface area (Å²) >= 11 is 0. The summed E-state index contributed by atoms with van der Waals surface area (Å²) in [6, 6.07) is 7.66. The molecule has 1 aromatic carbocycles. The van der Waals surface area contributed by atoms with Gasteiger partial charge in [-0.05, 0) is 18.2 Å². The molecular formula is C13H11FO4. The minimum atomic E-state index is -1.29. The van der Waals surface area contributed by atoms with E-state index in [9.17, 15) is 9.18 Å². The van der Waals surface area contributed by atoms with Gasteiger partial charge in [0.1, 0.15) is 18.2 Å². The van der Waals surface area contributed by atoms with Crippen molar-refractivity contribution in [3.63, 3.8) is 0 Å². The number of carbonyl (C=O) groups is 1. The standard InChI is InChI=1S/C13H11FO4/c14-12-9(3-1-5-11(12)13(15)16)7-17-8-10-4-2-6-18-10/h1-6H,7-8H2,(H,15,16). The minimum Gasteiger partial charge on any atom is -0.478 e. The Morgan fingerprint density at radius 1 is 1.28 bits per heavy atom. The highest BCUT2D eigenvalue weighted by atomic mass is 19.1. The van der Waals surface area contributed by atoms with E-state index in [-0.39, 0.29) is 24.3 Å². The van der Waals surface area contributed by atoms with Crippen molar-refractivity contribution in [2.24, 2.45) is 0 Å². The molecular weight excluding hydrogens is 239 g/mol. The van der Waals surface area contributed by atoms with Gasteiger partial charge in [-0.3, -0.25) is 0 Å². The van der Waals surface area contributed by atoms with E-state index in [0.29, 0.717) is 5.76 Å². The molecule has 0 bridgehead atoms. The van der Waals surface area contributed by atoms with E-state index in [2.05, 4.69) is 0 Å². The molecule has 0 saturated carbocycles. The molecule has 0 atom stereocenters. The largest absolute Gasteiger partial charge is 0.478 e. The lowest BCUT2D eigenvalue weighted by Gasteiger charge is -2.06. The summed E-state index contributed by atoms with van der Waals surface area (Å²) in [7, 11) is 0. The van der Waals surface area contributed by atoms with Gasteiger partial charge < -0.3 is 14.3 Å². The first-order valence-corrected chi connectivity index (χ1v) is 5.29. The van der Waals surface area contributed by atoms with E-state index in [4.69, 9.17) is 14.3 Å². The molecule has 0 radical (unpaired) electrons. The normalized spacial score (nSPS) is 10.5. The van der Waals surface area contributed by atoms with Crippen molar-refractivity contribution < 1.29 is 23.4 Å². The monoisotopic (exact) mass is 250 g/mol. The van der Waals surface area contributed by atoms with E-state index >= 15 is 0 Å². The minimum absolute atomic E-state index is 0.00630. The average molecular weight is 250 g/mol. The molecule has 0 unspecified atom stereocenters. The van der Waals surface area contributed by atoms with Crippen LogP contribution < -0.4 is 0 Å². The second-order valence-corrected chi connectivity index (χ2v) is 3.66. The van der Waals surface area contributed by atoms with Crippen molar-refractivity contribution in [2.75, 3.05) is 0 Å². The van der Waals surface area contributed by atoms with Gasteiger partial charge in [0.05, 0.1) is 18.4 Å². The second-order valence-electron chi connectivity index (χ2n) is 3.66. The summed E-state index contributed by atoms with van der Waals surface area (Å²) in [4.78, 5) is 10.7. The smallest absolute Gasteiger partial charge is 0.338 e. The number of ether oxygens (including phenoxy) is 1. The lowest BCUT2D eigenvalue weighted by atomic mass is 10.1.